The average Bonchev–Trinajstić information content (AvgIpc) is 2.19. The maximum atomic E-state index is 11.1. The summed E-state index contributed by atoms with van der Waals surface area (Å²) in [5.74, 6) is -0.798. The first-order valence-corrected chi connectivity index (χ1v) is 5.07. The molecule has 0 radical (unpaired) electrons. The summed E-state index contributed by atoms with van der Waals surface area (Å²) in [5, 5.41) is 18.4. The maximum absolute atomic E-state index is 11.1. The predicted octanol–water partition coefficient (Wildman–Crippen LogP) is 0.781. The fraction of sp³-hybridized carbons (Fsp3) is 0.900. The number of hydrogen-bond acceptors (Lipinski definition) is 3. The molecule has 14 heavy (non-hydrogen) atoms. The molecule has 0 spiro atoms. The Bertz CT molecular complexity index is 255. The van der Waals surface area contributed by atoms with Gasteiger partial charge in [0.15, 0.2) is 5.60 Å². The third-order valence-electron chi connectivity index (χ3n) is 3.82. The van der Waals surface area contributed by atoms with Crippen molar-refractivity contribution in [2.45, 2.75) is 43.8 Å². The summed E-state index contributed by atoms with van der Waals surface area (Å²) in [7, 11) is 0. The number of hydrogen-bond donors (Lipinski definition) is 2. The normalized spacial score (nSPS) is 46.6. The molecule has 0 aromatic rings. The number of rotatable bonds is 2. The lowest BCUT2D eigenvalue weighted by Gasteiger charge is -2.53. The molecule has 2 bridgehead atoms. The Morgan fingerprint density at radius 2 is 2.07 bits per heavy atom. The van der Waals surface area contributed by atoms with Crippen LogP contribution >= 0.6 is 0 Å². The van der Waals surface area contributed by atoms with Gasteiger partial charge in [-0.25, -0.2) is 4.79 Å². The topological polar surface area (TPSA) is 66.8 Å². The zero-order valence-corrected chi connectivity index (χ0v) is 8.32. The lowest BCUT2D eigenvalue weighted by Crippen LogP contribution is -2.61. The van der Waals surface area contributed by atoms with E-state index in [0.717, 1.165) is 25.7 Å². The molecule has 3 fully saturated rings. The second kappa shape index (κ2) is 2.94. The van der Waals surface area contributed by atoms with Crippen LogP contribution in [-0.2, 0) is 9.53 Å². The molecule has 2 N–H and O–H groups in total. The molecule has 0 aromatic heterocycles. The van der Waals surface area contributed by atoms with Crippen molar-refractivity contribution < 1.29 is 19.7 Å². The van der Waals surface area contributed by atoms with Crippen LogP contribution in [0.2, 0.25) is 0 Å². The van der Waals surface area contributed by atoms with Crippen molar-refractivity contribution in [2.24, 2.45) is 5.92 Å². The van der Waals surface area contributed by atoms with Crippen LogP contribution in [-0.4, -0.2) is 34.0 Å². The molecule has 1 aliphatic carbocycles. The van der Waals surface area contributed by atoms with Gasteiger partial charge in [0.2, 0.25) is 0 Å². The van der Waals surface area contributed by atoms with Gasteiger partial charge in [-0.15, -0.1) is 0 Å². The molecular formula is C10H16O4. The first-order chi connectivity index (χ1) is 6.52. The Labute approximate surface area is 82.9 Å². The standard InChI is InChI=1S/C10H16O4/c1-9(8(12)13)7-2-4-10(6-11,14-9)5-3-7/h7,11H,2-6H2,1H3,(H,12,13). The van der Waals surface area contributed by atoms with Gasteiger partial charge in [-0.05, 0) is 38.5 Å². The monoisotopic (exact) mass is 200 g/mol. The largest absolute Gasteiger partial charge is 0.479 e. The zero-order chi connectivity index (χ0) is 10.4. The highest BCUT2D eigenvalue weighted by Gasteiger charge is 2.56. The number of aliphatic carboxylic acids is 1. The third kappa shape index (κ3) is 1.17. The first-order valence-electron chi connectivity index (χ1n) is 5.07. The maximum Gasteiger partial charge on any atom is 0.335 e. The van der Waals surface area contributed by atoms with Gasteiger partial charge >= 0.3 is 5.97 Å². The number of carbonyl (C=O) groups is 1. The van der Waals surface area contributed by atoms with Crippen molar-refractivity contribution in [3.8, 4) is 0 Å². The fourth-order valence-corrected chi connectivity index (χ4v) is 2.74. The van der Waals surface area contributed by atoms with Gasteiger partial charge in [0.05, 0.1) is 12.2 Å². The van der Waals surface area contributed by atoms with Crippen molar-refractivity contribution in [3.05, 3.63) is 0 Å². The first kappa shape index (κ1) is 9.93. The summed E-state index contributed by atoms with van der Waals surface area (Å²) in [4.78, 5) is 11.1. The SMILES string of the molecule is CC1(C(=O)O)OC2(CO)CCC1CC2. The highest BCUT2D eigenvalue weighted by molar-refractivity contribution is 5.77. The van der Waals surface area contributed by atoms with Crippen molar-refractivity contribution in [3.63, 3.8) is 0 Å². The van der Waals surface area contributed by atoms with Gasteiger partial charge in [0, 0.05) is 0 Å². The molecule has 4 nitrogen and oxygen atoms in total. The number of aliphatic hydroxyl groups excluding tert-OH is 1. The molecule has 1 atom stereocenters. The average molecular weight is 200 g/mol. The second-order valence-electron chi connectivity index (χ2n) is 4.63. The van der Waals surface area contributed by atoms with E-state index in [0.29, 0.717) is 0 Å². The Balaban J connectivity index is 2.28. The molecule has 1 saturated carbocycles. The molecule has 2 saturated heterocycles. The van der Waals surface area contributed by atoms with E-state index in [1.54, 1.807) is 6.92 Å². The van der Waals surface area contributed by atoms with Crippen LogP contribution in [0.5, 0.6) is 0 Å². The summed E-state index contributed by atoms with van der Waals surface area (Å²) >= 11 is 0. The van der Waals surface area contributed by atoms with Gasteiger partial charge in [-0.3, -0.25) is 0 Å². The van der Waals surface area contributed by atoms with Gasteiger partial charge in [0.1, 0.15) is 0 Å². The Morgan fingerprint density at radius 1 is 1.50 bits per heavy atom. The van der Waals surface area contributed by atoms with Gasteiger partial charge in [-0.1, -0.05) is 0 Å². The molecule has 2 aliphatic heterocycles. The minimum atomic E-state index is -1.08. The number of fused-ring (bicyclic) bond motifs is 3. The number of carboxylic acids is 1. The van der Waals surface area contributed by atoms with Crippen molar-refractivity contribution in [2.75, 3.05) is 6.61 Å². The smallest absolute Gasteiger partial charge is 0.335 e. The van der Waals surface area contributed by atoms with E-state index >= 15 is 0 Å². The molecule has 4 heteroatoms. The predicted molar refractivity (Wildman–Crippen MR) is 48.9 cm³/mol. The van der Waals surface area contributed by atoms with Crippen LogP contribution < -0.4 is 0 Å². The quantitative estimate of drug-likeness (QED) is 0.691. The van der Waals surface area contributed by atoms with Crippen molar-refractivity contribution >= 4 is 5.97 Å². The van der Waals surface area contributed by atoms with Crippen LogP contribution in [0.3, 0.4) is 0 Å². The lowest BCUT2D eigenvalue weighted by atomic mass is 9.68. The van der Waals surface area contributed by atoms with Crippen molar-refractivity contribution in [1.82, 2.24) is 0 Å². The number of ether oxygens (including phenoxy) is 1. The van der Waals surface area contributed by atoms with E-state index < -0.39 is 17.2 Å². The van der Waals surface area contributed by atoms with Crippen LogP contribution in [0.15, 0.2) is 0 Å². The molecule has 3 rings (SSSR count). The number of carboxylic acid groups (broad SMARTS) is 1. The fourth-order valence-electron chi connectivity index (χ4n) is 2.74. The van der Waals surface area contributed by atoms with E-state index in [1.165, 1.54) is 0 Å². The molecule has 80 valence electrons. The van der Waals surface area contributed by atoms with E-state index in [4.69, 9.17) is 9.84 Å². The molecule has 0 aromatic carbocycles. The van der Waals surface area contributed by atoms with Crippen LogP contribution in [0.4, 0.5) is 0 Å². The highest BCUT2D eigenvalue weighted by Crippen LogP contribution is 2.49. The summed E-state index contributed by atoms with van der Waals surface area (Å²) in [6, 6.07) is 0. The Morgan fingerprint density at radius 3 is 2.50 bits per heavy atom. The number of aliphatic hydroxyl groups is 1. The summed E-state index contributed by atoms with van der Waals surface area (Å²) in [5.41, 5.74) is -1.67. The minimum Gasteiger partial charge on any atom is -0.479 e. The highest BCUT2D eigenvalue weighted by atomic mass is 16.6. The van der Waals surface area contributed by atoms with Gasteiger partial charge in [0.25, 0.3) is 0 Å². The molecule has 1 unspecified atom stereocenters. The van der Waals surface area contributed by atoms with Crippen LogP contribution in [0.25, 0.3) is 0 Å². The Hall–Kier alpha value is -0.610. The third-order valence-corrected chi connectivity index (χ3v) is 3.82. The van der Waals surface area contributed by atoms with E-state index in [1.807, 2.05) is 0 Å². The van der Waals surface area contributed by atoms with E-state index in [-0.39, 0.29) is 12.5 Å². The lowest BCUT2D eigenvalue weighted by molar-refractivity contribution is -0.258. The summed E-state index contributed by atoms with van der Waals surface area (Å²) < 4.78 is 5.62. The van der Waals surface area contributed by atoms with Crippen molar-refractivity contribution in [1.29, 1.82) is 0 Å². The Kier molecular flexibility index (Phi) is 2.08. The van der Waals surface area contributed by atoms with E-state index in [2.05, 4.69) is 0 Å². The second-order valence-corrected chi connectivity index (χ2v) is 4.63. The molecule has 3 aliphatic rings. The summed E-state index contributed by atoms with van der Waals surface area (Å²) in [6.07, 6.45) is 3.28. The molecule has 2 heterocycles. The van der Waals surface area contributed by atoms with E-state index in [9.17, 15) is 9.90 Å². The van der Waals surface area contributed by atoms with Gasteiger partial charge in [-0.2, -0.15) is 0 Å². The van der Waals surface area contributed by atoms with Gasteiger partial charge < -0.3 is 14.9 Å². The summed E-state index contributed by atoms with van der Waals surface area (Å²) in [6.45, 7) is 1.56. The minimum absolute atomic E-state index is 0.0669. The zero-order valence-electron chi connectivity index (χ0n) is 8.32. The van der Waals surface area contributed by atoms with Crippen LogP contribution in [0, 0.1) is 5.92 Å². The van der Waals surface area contributed by atoms with Crippen LogP contribution in [0.1, 0.15) is 32.6 Å². The molecule has 0 amide bonds. The molecular weight excluding hydrogens is 184 g/mol.